The molecule has 0 aliphatic carbocycles. The molecule has 1 amide bonds. The van der Waals surface area contributed by atoms with Crippen LogP contribution in [0.3, 0.4) is 0 Å². The molecule has 0 spiro atoms. The van der Waals surface area contributed by atoms with Crippen LogP contribution in [0.15, 0.2) is 17.4 Å². The van der Waals surface area contributed by atoms with Gasteiger partial charge in [0.2, 0.25) is 0 Å². The summed E-state index contributed by atoms with van der Waals surface area (Å²) in [4.78, 5) is 19.3. The minimum atomic E-state index is -2.64. The van der Waals surface area contributed by atoms with Crippen LogP contribution in [0.2, 0.25) is 0 Å². The Morgan fingerprint density at radius 2 is 1.96 bits per heavy atom. The number of hydrogen-bond acceptors (Lipinski definition) is 4. The lowest BCUT2D eigenvalue weighted by Gasteiger charge is -2.19. The number of alkyl halides is 2. The van der Waals surface area contributed by atoms with Crippen LogP contribution in [0.4, 0.5) is 13.6 Å². The van der Waals surface area contributed by atoms with Crippen molar-refractivity contribution in [2.24, 2.45) is 4.99 Å². The van der Waals surface area contributed by atoms with E-state index in [1.54, 1.807) is 27.8 Å². The van der Waals surface area contributed by atoms with E-state index in [1.165, 1.54) is 12.4 Å². The van der Waals surface area contributed by atoms with Crippen LogP contribution in [0.1, 0.15) is 33.1 Å². The number of aliphatic imine (C=N–C) groups is 1. The molecule has 0 aliphatic heterocycles. The number of rotatable bonds is 6. The molecule has 0 aromatic carbocycles. The van der Waals surface area contributed by atoms with Crippen molar-refractivity contribution in [2.45, 2.75) is 39.5 Å². The molecule has 1 aromatic heterocycles. The maximum absolute atomic E-state index is 12.7. The number of hydrogen-bond donors (Lipinski definition) is 3. The fourth-order valence-corrected chi connectivity index (χ4v) is 1.70. The van der Waals surface area contributed by atoms with Crippen LogP contribution >= 0.6 is 24.0 Å². The quantitative estimate of drug-likeness (QED) is 0.254. The Bertz CT molecular complexity index is 560. The average Bonchev–Trinajstić information content (AvgIpc) is 2.93. The van der Waals surface area contributed by atoms with E-state index in [9.17, 15) is 13.6 Å². The number of imidazole rings is 1. The zero-order valence-corrected chi connectivity index (χ0v) is 17.0. The number of ether oxygens (including phenoxy) is 1. The maximum atomic E-state index is 12.7. The number of carbonyl (C=O) groups is 1. The van der Waals surface area contributed by atoms with Gasteiger partial charge in [0.15, 0.2) is 5.96 Å². The van der Waals surface area contributed by atoms with Gasteiger partial charge in [-0.3, -0.25) is 9.56 Å². The molecule has 0 saturated carbocycles. The van der Waals surface area contributed by atoms with Crippen LogP contribution in [-0.2, 0) is 11.3 Å². The standard InChI is InChI=1S/C14H24F2N6O2.HI/c1-14(2,3)24-13(23)20-6-5-19-12(17-4)21-9-10-18-7-8-22(10)11(15)16;/h7-8,11H,5-6,9H2,1-4H3,(H,20,23)(H2,17,19,21);1H. The summed E-state index contributed by atoms with van der Waals surface area (Å²) in [5, 5.41) is 8.40. The Hall–Kier alpha value is -1.66. The number of aromatic nitrogens is 2. The van der Waals surface area contributed by atoms with Gasteiger partial charge in [-0.1, -0.05) is 0 Å². The molecule has 3 N–H and O–H groups in total. The lowest BCUT2D eigenvalue weighted by Crippen LogP contribution is -2.42. The topological polar surface area (TPSA) is 92.6 Å². The summed E-state index contributed by atoms with van der Waals surface area (Å²) in [6, 6.07) is 0. The maximum Gasteiger partial charge on any atom is 0.407 e. The van der Waals surface area contributed by atoms with Crippen LogP contribution in [0.5, 0.6) is 0 Å². The predicted octanol–water partition coefficient (Wildman–Crippen LogP) is 2.09. The Morgan fingerprint density at radius 3 is 2.52 bits per heavy atom. The molecule has 0 atom stereocenters. The molecule has 0 saturated heterocycles. The van der Waals surface area contributed by atoms with Gasteiger partial charge >= 0.3 is 12.6 Å². The molecular weight excluding hydrogens is 449 g/mol. The Balaban J connectivity index is 0.00000576. The number of carbonyl (C=O) groups excluding carboxylic acids is 1. The predicted molar refractivity (Wildman–Crippen MR) is 101 cm³/mol. The molecule has 11 heteroatoms. The van der Waals surface area contributed by atoms with Crippen molar-refractivity contribution in [3.05, 3.63) is 18.2 Å². The van der Waals surface area contributed by atoms with Gasteiger partial charge in [0.25, 0.3) is 0 Å². The number of alkyl carbamates (subject to hydrolysis) is 1. The second-order valence-corrected chi connectivity index (χ2v) is 5.81. The lowest BCUT2D eigenvalue weighted by atomic mass is 10.2. The van der Waals surface area contributed by atoms with E-state index in [0.717, 1.165) is 4.57 Å². The summed E-state index contributed by atoms with van der Waals surface area (Å²) < 4.78 is 31.3. The van der Waals surface area contributed by atoms with E-state index in [1.807, 2.05) is 0 Å². The fourth-order valence-electron chi connectivity index (χ4n) is 1.70. The molecular formula is C14H25F2IN6O2. The van der Waals surface area contributed by atoms with Gasteiger partial charge in [0.05, 0.1) is 6.54 Å². The second kappa shape index (κ2) is 11.1. The fraction of sp³-hybridized carbons (Fsp3) is 0.643. The third-order valence-electron chi connectivity index (χ3n) is 2.68. The molecule has 0 radical (unpaired) electrons. The average molecular weight is 474 g/mol. The minimum absolute atomic E-state index is 0. The molecule has 8 nitrogen and oxygen atoms in total. The number of nitrogens with one attached hydrogen (secondary N) is 3. The van der Waals surface area contributed by atoms with Crippen LogP contribution in [0, 0.1) is 0 Å². The number of halogens is 3. The first-order valence-electron chi connectivity index (χ1n) is 7.44. The highest BCUT2D eigenvalue weighted by molar-refractivity contribution is 14.0. The van der Waals surface area contributed by atoms with Gasteiger partial charge in [0, 0.05) is 32.5 Å². The van der Waals surface area contributed by atoms with Crippen molar-refractivity contribution in [1.82, 2.24) is 25.5 Å². The smallest absolute Gasteiger partial charge is 0.407 e. The summed E-state index contributed by atoms with van der Waals surface area (Å²) >= 11 is 0. The molecule has 0 unspecified atom stereocenters. The first kappa shape index (κ1) is 23.3. The van der Waals surface area contributed by atoms with Gasteiger partial charge in [-0.05, 0) is 20.8 Å². The largest absolute Gasteiger partial charge is 0.444 e. The van der Waals surface area contributed by atoms with Crippen LogP contribution < -0.4 is 16.0 Å². The third kappa shape index (κ3) is 9.41. The molecule has 1 heterocycles. The highest BCUT2D eigenvalue weighted by Gasteiger charge is 2.15. The van der Waals surface area contributed by atoms with Crippen molar-refractivity contribution in [1.29, 1.82) is 0 Å². The van der Waals surface area contributed by atoms with E-state index < -0.39 is 18.2 Å². The van der Waals surface area contributed by atoms with Crippen molar-refractivity contribution in [2.75, 3.05) is 20.1 Å². The number of amides is 1. The highest BCUT2D eigenvalue weighted by Crippen LogP contribution is 2.11. The summed E-state index contributed by atoms with van der Waals surface area (Å²) in [5.41, 5.74) is -0.554. The van der Waals surface area contributed by atoms with Crippen molar-refractivity contribution < 1.29 is 18.3 Å². The lowest BCUT2D eigenvalue weighted by molar-refractivity contribution is 0.0528. The minimum Gasteiger partial charge on any atom is -0.444 e. The van der Waals surface area contributed by atoms with E-state index >= 15 is 0 Å². The first-order chi connectivity index (χ1) is 11.2. The summed E-state index contributed by atoms with van der Waals surface area (Å²) in [7, 11) is 1.55. The molecule has 144 valence electrons. The first-order valence-corrected chi connectivity index (χ1v) is 7.44. The molecule has 1 rings (SSSR count). The van der Waals surface area contributed by atoms with Gasteiger partial charge < -0.3 is 20.7 Å². The normalized spacial score (nSPS) is 11.7. The van der Waals surface area contributed by atoms with Crippen LogP contribution in [-0.4, -0.2) is 47.3 Å². The zero-order chi connectivity index (χ0) is 18.2. The zero-order valence-electron chi connectivity index (χ0n) is 14.7. The monoisotopic (exact) mass is 474 g/mol. The van der Waals surface area contributed by atoms with Crippen molar-refractivity contribution in [3.63, 3.8) is 0 Å². The van der Waals surface area contributed by atoms with Crippen molar-refractivity contribution >= 4 is 36.0 Å². The Kier molecular flexibility index (Phi) is 10.3. The third-order valence-corrected chi connectivity index (χ3v) is 2.68. The molecule has 25 heavy (non-hydrogen) atoms. The molecule has 0 aliphatic rings. The van der Waals surface area contributed by atoms with Gasteiger partial charge in [0.1, 0.15) is 11.4 Å². The molecule has 1 aromatic rings. The number of nitrogens with zero attached hydrogens (tertiary/aromatic N) is 3. The van der Waals surface area contributed by atoms with Crippen LogP contribution in [0.25, 0.3) is 0 Å². The highest BCUT2D eigenvalue weighted by atomic mass is 127. The summed E-state index contributed by atoms with van der Waals surface area (Å²) in [5.74, 6) is 0.602. The number of guanidine groups is 1. The Morgan fingerprint density at radius 1 is 1.32 bits per heavy atom. The molecule has 0 bridgehead atoms. The van der Waals surface area contributed by atoms with E-state index in [4.69, 9.17) is 4.74 Å². The molecule has 0 fully saturated rings. The second-order valence-electron chi connectivity index (χ2n) is 5.81. The Labute approximate surface area is 162 Å². The van der Waals surface area contributed by atoms with Gasteiger partial charge in [-0.25, -0.2) is 9.78 Å². The van der Waals surface area contributed by atoms with Gasteiger partial charge in [-0.2, -0.15) is 8.78 Å². The van der Waals surface area contributed by atoms with E-state index in [2.05, 4.69) is 25.9 Å². The summed E-state index contributed by atoms with van der Waals surface area (Å²) in [6.07, 6.45) is 2.01. The van der Waals surface area contributed by atoms with E-state index in [-0.39, 0.29) is 36.3 Å². The van der Waals surface area contributed by atoms with E-state index in [0.29, 0.717) is 19.0 Å². The van der Waals surface area contributed by atoms with Gasteiger partial charge in [-0.15, -0.1) is 24.0 Å². The SMILES string of the molecule is CN=C(NCCNC(=O)OC(C)(C)C)NCc1nccn1C(F)F.I. The summed E-state index contributed by atoms with van der Waals surface area (Å²) in [6.45, 7) is 3.50. The van der Waals surface area contributed by atoms with Crippen molar-refractivity contribution in [3.8, 4) is 0 Å².